The Kier molecular flexibility index (Phi) is 7.24. The predicted molar refractivity (Wildman–Crippen MR) is 243 cm³/mol. The second kappa shape index (κ2) is 12.7. The van der Waals surface area contributed by atoms with Crippen LogP contribution in [-0.4, -0.2) is 14.5 Å². The minimum absolute atomic E-state index is 0.163. The smallest absolute Gasteiger partial charge is 0.137 e. The van der Waals surface area contributed by atoms with Crippen LogP contribution in [0.1, 0.15) is 25.0 Å². The van der Waals surface area contributed by atoms with Crippen molar-refractivity contribution in [1.82, 2.24) is 14.5 Å². The number of para-hydroxylation sites is 2. The summed E-state index contributed by atoms with van der Waals surface area (Å²) < 4.78 is 8.68. The highest BCUT2D eigenvalue weighted by molar-refractivity contribution is 6.11. The van der Waals surface area contributed by atoms with Crippen LogP contribution in [0.25, 0.3) is 105 Å². The lowest BCUT2D eigenvalue weighted by molar-refractivity contribution is 0.661. The Hall–Kier alpha value is -7.56. The lowest BCUT2D eigenvalue weighted by Crippen LogP contribution is -2.15. The molecule has 0 N–H and O–H groups in total. The third-order valence-electron chi connectivity index (χ3n) is 12.5. The van der Waals surface area contributed by atoms with E-state index in [4.69, 9.17) is 9.40 Å². The fourth-order valence-electron chi connectivity index (χ4n) is 9.49. The molecule has 12 rings (SSSR count). The molecule has 4 heterocycles. The first-order valence-electron chi connectivity index (χ1n) is 20.2. The van der Waals surface area contributed by atoms with Crippen LogP contribution in [0, 0.1) is 0 Å². The monoisotopic (exact) mass is 755 g/mol. The molecule has 0 saturated heterocycles. The Labute approximate surface area is 341 Å². The quantitative estimate of drug-likeness (QED) is 0.176. The van der Waals surface area contributed by atoms with E-state index in [-0.39, 0.29) is 5.41 Å². The normalized spacial score (nSPS) is 13.1. The van der Waals surface area contributed by atoms with E-state index in [0.29, 0.717) is 0 Å². The topological polar surface area (TPSA) is 43.9 Å². The van der Waals surface area contributed by atoms with Crippen LogP contribution in [0.2, 0.25) is 0 Å². The van der Waals surface area contributed by atoms with Gasteiger partial charge in [-0.15, -0.1) is 0 Å². The summed E-state index contributed by atoms with van der Waals surface area (Å²) >= 11 is 0. The van der Waals surface area contributed by atoms with Crippen molar-refractivity contribution in [2.75, 3.05) is 0 Å². The fourth-order valence-corrected chi connectivity index (χ4v) is 9.49. The minimum atomic E-state index is -0.163. The number of hydrogen-bond donors (Lipinski definition) is 0. The van der Waals surface area contributed by atoms with Gasteiger partial charge >= 0.3 is 0 Å². The van der Waals surface area contributed by atoms with Gasteiger partial charge < -0.3 is 8.98 Å². The maximum Gasteiger partial charge on any atom is 0.137 e. The molecule has 7 aromatic carbocycles. The molecule has 0 bridgehead atoms. The molecule has 0 aliphatic heterocycles. The van der Waals surface area contributed by atoms with Crippen LogP contribution in [0.4, 0.5) is 0 Å². The molecule has 1 aliphatic carbocycles. The largest absolute Gasteiger partial charge is 0.456 e. The highest BCUT2D eigenvalue weighted by Crippen LogP contribution is 2.51. The van der Waals surface area contributed by atoms with Gasteiger partial charge in [-0.3, -0.25) is 4.98 Å². The van der Waals surface area contributed by atoms with E-state index < -0.39 is 0 Å². The maximum absolute atomic E-state index is 6.32. The molecular weight excluding hydrogens is 719 g/mol. The van der Waals surface area contributed by atoms with Gasteiger partial charge in [0.05, 0.1) is 22.4 Å². The third-order valence-corrected chi connectivity index (χ3v) is 12.5. The van der Waals surface area contributed by atoms with Crippen molar-refractivity contribution in [2.24, 2.45) is 0 Å². The number of aromatic nitrogens is 3. The van der Waals surface area contributed by atoms with Gasteiger partial charge in [0.15, 0.2) is 0 Å². The van der Waals surface area contributed by atoms with Gasteiger partial charge in [0.1, 0.15) is 11.2 Å². The molecule has 0 spiro atoms. The molecule has 0 fully saturated rings. The van der Waals surface area contributed by atoms with Gasteiger partial charge in [0.2, 0.25) is 0 Å². The Balaban J connectivity index is 0.877. The van der Waals surface area contributed by atoms with Crippen LogP contribution >= 0.6 is 0 Å². The number of benzene rings is 7. The summed E-state index contributed by atoms with van der Waals surface area (Å²) in [5.41, 5.74) is 19.3. The average Bonchev–Trinajstić information content (AvgIpc) is 3.91. The summed E-state index contributed by atoms with van der Waals surface area (Å²) in [6, 6.07) is 63.5. The molecular formula is C55H37N3O. The summed E-state index contributed by atoms with van der Waals surface area (Å²) in [5, 5.41) is 4.75. The van der Waals surface area contributed by atoms with Crippen molar-refractivity contribution in [3.05, 3.63) is 199 Å². The van der Waals surface area contributed by atoms with Crippen LogP contribution in [0.15, 0.2) is 193 Å². The van der Waals surface area contributed by atoms with Crippen molar-refractivity contribution in [1.29, 1.82) is 0 Å². The molecule has 59 heavy (non-hydrogen) atoms. The van der Waals surface area contributed by atoms with Gasteiger partial charge in [0.25, 0.3) is 0 Å². The molecule has 4 heteroatoms. The van der Waals surface area contributed by atoms with Crippen molar-refractivity contribution < 1.29 is 4.42 Å². The van der Waals surface area contributed by atoms with E-state index in [1.165, 1.54) is 66.3 Å². The zero-order chi connectivity index (χ0) is 39.2. The standard InChI is InChI=1S/C55H37N3O/c1-55(2)47-31-38(34-14-16-35(17-15-34)49-10-7-11-50(57-49)36-26-28-56-29-27-36)18-22-41(47)42-23-19-39(32-48(42)55)37-20-25-52-46(30-37)43-8-3-5-12-51(43)58(52)40-21-24-45-44-9-4-6-13-53(44)59-54(45)33-40/h3-33H,1-2H3. The first-order chi connectivity index (χ1) is 29.0. The zero-order valence-corrected chi connectivity index (χ0v) is 32.6. The van der Waals surface area contributed by atoms with Gasteiger partial charge in [-0.2, -0.15) is 0 Å². The molecule has 0 atom stereocenters. The Bertz CT molecular complexity index is 3460. The van der Waals surface area contributed by atoms with Gasteiger partial charge in [-0.25, -0.2) is 4.98 Å². The summed E-state index contributed by atoms with van der Waals surface area (Å²) in [4.78, 5) is 9.11. The van der Waals surface area contributed by atoms with Crippen LogP contribution in [0.3, 0.4) is 0 Å². The number of nitrogens with zero attached hydrogens (tertiary/aromatic N) is 3. The molecule has 278 valence electrons. The van der Waals surface area contributed by atoms with E-state index in [0.717, 1.165) is 50.1 Å². The first kappa shape index (κ1) is 33.6. The molecule has 0 radical (unpaired) electrons. The first-order valence-corrected chi connectivity index (χ1v) is 20.2. The molecule has 11 aromatic rings. The fraction of sp³-hybridized carbons (Fsp3) is 0.0545. The van der Waals surface area contributed by atoms with Crippen molar-refractivity contribution in [3.8, 4) is 61.6 Å². The lowest BCUT2D eigenvalue weighted by Gasteiger charge is -2.22. The summed E-state index contributed by atoms with van der Waals surface area (Å²) in [6.45, 7) is 4.73. The maximum atomic E-state index is 6.32. The second-order valence-corrected chi connectivity index (χ2v) is 16.2. The van der Waals surface area contributed by atoms with Crippen molar-refractivity contribution >= 4 is 43.7 Å². The molecule has 1 aliphatic rings. The van der Waals surface area contributed by atoms with E-state index in [2.05, 4.69) is 169 Å². The molecule has 4 aromatic heterocycles. The molecule has 0 saturated carbocycles. The Morgan fingerprint density at radius 1 is 0.424 bits per heavy atom. The number of pyridine rings is 2. The summed E-state index contributed by atoms with van der Waals surface area (Å²) in [6.07, 6.45) is 3.61. The minimum Gasteiger partial charge on any atom is -0.456 e. The highest BCUT2D eigenvalue weighted by Gasteiger charge is 2.36. The third kappa shape index (κ3) is 5.23. The SMILES string of the molecule is CC1(C)c2cc(-c3ccc(-c4cccc(-c5ccncc5)n4)cc3)ccc2-c2ccc(-c3ccc4c(c3)c3ccccc3n4-c3ccc4c(c3)oc3ccccc34)cc21. The van der Waals surface area contributed by atoms with E-state index >= 15 is 0 Å². The van der Waals surface area contributed by atoms with E-state index in [1.807, 2.05) is 30.3 Å². The molecule has 0 amide bonds. The van der Waals surface area contributed by atoms with Gasteiger partial charge in [0, 0.05) is 62.2 Å². The van der Waals surface area contributed by atoms with Crippen LogP contribution < -0.4 is 0 Å². The zero-order valence-electron chi connectivity index (χ0n) is 32.6. The molecule has 0 unspecified atom stereocenters. The number of rotatable bonds is 5. The van der Waals surface area contributed by atoms with Crippen LogP contribution in [0.5, 0.6) is 0 Å². The Morgan fingerprint density at radius 2 is 1.00 bits per heavy atom. The van der Waals surface area contributed by atoms with Gasteiger partial charge in [-0.05, 0) is 117 Å². The molecule has 4 nitrogen and oxygen atoms in total. The predicted octanol–water partition coefficient (Wildman–Crippen LogP) is 14.4. The summed E-state index contributed by atoms with van der Waals surface area (Å²) in [7, 11) is 0. The number of hydrogen-bond acceptors (Lipinski definition) is 3. The van der Waals surface area contributed by atoms with E-state index in [1.54, 1.807) is 12.4 Å². The second-order valence-electron chi connectivity index (χ2n) is 16.2. The van der Waals surface area contributed by atoms with E-state index in [9.17, 15) is 0 Å². The number of furan rings is 1. The Morgan fingerprint density at radius 3 is 1.76 bits per heavy atom. The van der Waals surface area contributed by atoms with Gasteiger partial charge in [-0.1, -0.05) is 111 Å². The van der Waals surface area contributed by atoms with Crippen molar-refractivity contribution in [2.45, 2.75) is 19.3 Å². The lowest BCUT2D eigenvalue weighted by atomic mass is 9.81. The summed E-state index contributed by atoms with van der Waals surface area (Å²) in [5.74, 6) is 0. The highest BCUT2D eigenvalue weighted by atomic mass is 16.3. The average molecular weight is 756 g/mol. The number of fused-ring (bicyclic) bond motifs is 9. The van der Waals surface area contributed by atoms with Crippen molar-refractivity contribution in [3.63, 3.8) is 0 Å². The van der Waals surface area contributed by atoms with Crippen LogP contribution in [-0.2, 0) is 5.41 Å².